The molecule has 1 N–H and O–H groups in total. The Morgan fingerprint density at radius 3 is 2.56 bits per heavy atom. The van der Waals surface area contributed by atoms with Crippen molar-refractivity contribution in [2.75, 3.05) is 11.6 Å². The number of nitrogens with zero attached hydrogens (tertiary/aromatic N) is 1. The van der Waals surface area contributed by atoms with Crippen molar-refractivity contribution in [2.45, 2.75) is 11.3 Å². The van der Waals surface area contributed by atoms with E-state index >= 15 is 0 Å². The summed E-state index contributed by atoms with van der Waals surface area (Å²) in [7, 11) is 0. The molecule has 6 heteroatoms. The normalized spacial score (nSPS) is 9.67. The smallest absolute Gasteiger partial charge is 0.304 e. The highest BCUT2D eigenvalue weighted by molar-refractivity contribution is 8.00. The third-order valence-electron chi connectivity index (χ3n) is 2.19. The first-order valence-electron chi connectivity index (χ1n) is 5.13. The van der Waals surface area contributed by atoms with Gasteiger partial charge in [-0.3, -0.25) is 0 Å². The summed E-state index contributed by atoms with van der Waals surface area (Å²) in [6.07, 6.45) is 2.03. The van der Waals surface area contributed by atoms with Gasteiger partial charge in [-0.15, -0.1) is 0 Å². The molecular formula is C12H13IN2OS2. The monoisotopic (exact) mass is 392 g/mol. The molecule has 3 nitrogen and oxygen atoms in total. The van der Waals surface area contributed by atoms with E-state index < -0.39 is 0 Å². The summed E-state index contributed by atoms with van der Waals surface area (Å²) in [4.78, 5) is 11.2. The first-order chi connectivity index (χ1) is 8.22. The van der Waals surface area contributed by atoms with Crippen LogP contribution in [0.4, 0.5) is 5.82 Å². The fourth-order valence-electron chi connectivity index (χ4n) is 1.54. The Morgan fingerprint density at radius 2 is 2.00 bits per heavy atom. The van der Waals surface area contributed by atoms with E-state index in [1.165, 1.54) is 6.92 Å². The lowest BCUT2D eigenvalue weighted by atomic mass is 10.3. The molecule has 0 saturated heterocycles. The van der Waals surface area contributed by atoms with E-state index in [0.717, 1.165) is 15.8 Å². The Bertz CT molecular complexity index is 528. The molecule has 1 heterocycles. The fraction of sp³-hybridized carbons (Fsp3) is 0.167. The number of rotatable bonds is 3. The van der Waals surface area contributed by atoms with E-state index in [-0.39, 0.29) is 29.9 Å². The van der Waals surface area contributed by atoms with Gasteiger partial charge in [-0.1, -0.05) is 41.3 Å². The molecule has 1 aromatic carbocycles. The first kappa shape index (κ1) is 15.5. The zero-order chi connectivity index (χ0) is 12.3. The van der Waals surface area contributed by atoms with Crippen LogP contribution in [-0.4, -0.2) is 12.2 Å². The average molecular weight is 392 g/mol. The van der Waals surface area contributed by atoms with Gasteiger partial charge in [0.15, 0.2) is 0 Å². The number of amides is 1. The highest BCUT2D eigenvalue weighted by Gasteiger charge is 2.19. The molecule has 2 rings (SSSR count). The van der Waals surface area contributed by atoms with Crippen LogP contribution < -0.4 is 33.9 Å². The van der Waals surface area contributed by atoms with E-state index in [1.807, 2.05) is 42.0 Å². The Hall–Kier alpha value is -0.600. The van der Waals surface area contributed by atoms with Gasteiger partial charge < -0.3 is 24.0 Å². The molecule has 0 spiro atoms. The van der Waals surface area contributed by atoms with Crippen LogP contribution in [0.5, 0.6) is 0 Å². The van der Waals surface area contributed by atoms with E-state index in [1.54, 1.807) is 23.1 Å². The van der Waals surface area contributed by atoms with Crippen molar-refractivity contribution in [3.63, 3.8) is 0 Å². The molecule has 2 aromatic rings. The SMILES string of the molecule is CSc1scc(NC(C)=O)[n+]1-c1ccccc1.[I-]. The van der Waals surface area contributed by atoms with Crippen LogP contribution in [-0.2, 0) is 4.79 Å². The summed E-state index contributed by atoms with van der Waals surface area (Å²) in [6, 6.07) is 10.0. The quantitative estimate of drug-likeness (QED) is 0.443. The van der Waals surface area contributed by atoms with Crippen LogP contribution in [0.2, 0.25) is 0 Å². The summed E-state index contributed by atoms with van der Waals surface area (Å²) in [5, 5.41) is 4.81. The van der Waals surface area contributed by atoms with Crippen molar-refractivity contribution >= 4 is 34.8 Å². The van der Waals surface area contributed by atoms with Crippen LogP contribution in [0.1, 0.15) is 6.92 Å². The van der Waals surface area contributed by atoms with E-state index in [9.17, 15) is 4.79 Å². The maximum Gasteiger partial charge on any atom is 0.304 e. The maximum absolute atomic E-state index is 11.2. The zero-order valence-electron chi connectivity index (χ0n) is 10.0. The van der Waals surface area contributed by atoms with Gasteiger partial charge in [0.1, 0.15) is 5.69 Å². The number of thiazole rings is 1. The first-order valence-corrected chi connectivity index (χ1v) is 7.23. The summed E-state index contributed by atoms with van der Waals surface area (Å²) in [5.74, 6) is 0.762. The Kier molecular flexibility index (Phi) is 6.10. The molecule has 18 heavy (non-hydrogen) atoms. The van der Waals surface area contributed by atoms with E-state index in [2.05, 4.69) is 9.88 Å². The zero-order valence-corrected chi connectivity index (χ0v) is 13.8. The Labute approximate surface area is 132 Å². The largest absolute Gasteiger partial charge is 1.00 e. The second-order valence-corrected chi connectivity index (χ2v) is 5.35. The number of halogens is 1. The van der Waals surface area contributed by atoms with E-state index in [0.29, 0.717) is 0 Å². The van der Waals surface area contributed by atoms with Gasteiger partial charge in [-0.2, -0.15) is 4.57 Å². The maximum atomic E-state index is 11.2. The molecule has 0 aliphatic heterocycles. The number of benzene rings is 1. The molecule has 96 valence electrons. The molecule has 0 aliphatic carbocycles. The van der Waals surface area contributed by atoms with Gasteiger partial charge in [0.25, 0.3) is 5.82 Å². The van der Waals surface area contributed by atoms with Gasteiger partial charge in [-0.05, 0) is 18.4 Å². The van der Waals surface area contributed by atoms with Crippen molar-refractivity contribution in [3.05, 3.63) is 35.7 Å². The van der Waals surface area contributed by atoms with Crippen LogP contribution in [0.15, 0.2) is 40.1 Å². The number of hydrogen-bond donors (Lipinski definition) is 1. The number of aromatic nitrogens is 1. The minimum absolute atomic E-state index is 0. The number of hydrogen-bond acceptors (Lipinski definition) is 3. The van der Waals surface area contributed by atoms with E-state index in [4.69, 9.17) is 0 Å². The average Bonchev–Trinajstić information content (AvgIpc) is 2.72. The van der Waals surface area contributed by atoms with Gasteiger partial charge >= 0.3 is 5.91 Å². The summed E-state index contributed by atoms with van der Waals surface area (Å²) >= 11 is 3.29. The van der Waals surface area contributed by atoms with Crippen LogP contribution in [0.25, 0.3) is 5.69 Å². The molecule has 0 radical (unpaired) electrons. The molecule has 0 fully saturated rings. The van der Waals surface area contributed by atoms with Crippen molar-refractivity contribution in [1.29, 1.82) is 0 Å². The molecule has 0 bridgehead atoms. The third kappa shape index (κ3) is 3.46. The summed E-state index contributed by atoms with van der Waals surface area (Å²) in [5.41, 5.74) is 1.06. The fourth-order valence-corrected chi connectivity index (χ4v) is 3.14. The minimum atomic E-state index is -0.0554. The number of anilines is 1. The van der Waals surface area contributed by atoms with Gasteiger partial charge in [0, 0.05) is 6.92 Å². The lowest BCUT2D eigenvalue weighted by molar-refractivity contribution is -0.613. The Balaban J connectivity index is 0.00000162. The molecule has 0 atom stereocenters. The predicted octanol–water partition coefficient (Wildman–Crippen LogP) is -0.291. The van der Waals surface area contributed by atoms with Crippen molar-refractivity contribution in [1.82, 2.24) is 0 Å². The summed E-state index contributed by atoms with van der Waals surface area (Å²) in [6.45, 7) is 1.52. The minimum Gasteiger partial charge on any atom is -1.00 e. The molecular weight excluding hydrogens is 379 g/mol. The number of para-hydroxylation sites is 1. The van der Waals surface area contributed by atoms with Gasteiger partial charge in [0.05, 0.1) is 5.38 Å². The number of nitrogens with one attached hydrogen (secondary N) is 1. The standard InChI is InChI=1S/C12H12N2OS2.HI/c1-9(15)13-11-8-17-12(16-2)14(11)10-6-4-3-5-7-10;/h3-8H,1-2H3;1H. The van der Waals surface area contributed by atoms with Crippen molar-refractivity contribution in [3.8, 4) is 5.69 Å². The van der Waals surface area contributed by atoms with Gasteiger partial charge in [-0.25, -0.2) is 10.1 Å². The lowest BCUT2D eigenvalue weighted by Gasteiger charge is -2.02. The number of thioether (sulfide) groups is 1. The van der Waals surface area contributed by atoms with Crippen molar-refractivity contribution in [2.24, 2.45) is 0 Å². The second kappa shape index (κ2) is 7.10. The lowest BCUT2D eigenvalue weighted by Crippen LogP contribution is -3.00. The molecule has 1 aromatic heterocycles. The molecule has 0 saturated carbocycles. The number of carbonyl (C=O) groups is 1. The number of carbonyl (C=O) groups excluding carboxylic acids is 1. The molecule has 1 amide bonds. The third-order valence-corrected chi connectivity index (χ3v) is 4.23. The Morgan fingerprint density at radius 1 is 1.33 bits per heavy atom. The topological polar surface area (TPSA) is 33.0 Å². The highest BCUT2D eigenvalue weighted by atomic mass is 127. The van der Waals surface area contributed by atoms with Crippen LogP contribution >= 0.6 is 23.1 Å². The highest BCUT2D eigenvalue weighted by Crippen LogP contribution is 2.23. The van der Waals surface area contributed by atoms with Crippen LogP contribution in [0.3, 0.4) is 0 Å². The molecule has 0 aliphatic rings. The molecule has 0 unspecified atom stereocenters. The van der Waals surface area contributed by atoms with Gasteiger partial charge in [0.2, 0.25) is 4.34 Å². The predicted molar refractivity (Wildman–Crippen MR) is 71.9 cm³/mol. The van der Waals surface area contributed by atoms with Crippen LogP contribution in [0, 0.1) is 0 Å². The second-order valence-electron chi connectivity index (χ2n) is 3.44. The van der Waals surface area contributed by atoms with Crippen molar-refractivity contribution < 1.29 is 33.3 Å². The summed E-state index contributed by atoms with van der Waals surface area (Å²) < 4.78 is 3.19.